The molecule has 7 nitrogen and oxygen atoms in total. The summed E-state index contributed by atoms with van der Waals surface area (Å²) in [5, 5.41) is 12.4. The molecule has 3 amide bonds. The fourth-order valence-corrected chi connectivity index (χ4v) is 5.75. The fourth-order valence-electron chi connectivity index (χ4n) is 5.75. The number of urea groups is 1. The summed E-state index contributed by atoms with van der Waals surface area (Å²) in [5.74, 6) is -0.0527. The maximum atomic E-state index is 14.9. The monoisotopic (exact) mass is 466 g/mol. The lowest BCUT2D eigenvalue weighted by molar-refractivity contribution is 0.115. The van der Waals surface area contributed by atoms with Crippen LogP contribution in [0.3, 0.4) is 0 Å². The first-order valence-electron chi connectivity index (χ1n) is 12.1. The first-order chi connectivity index (χ1) is 16.4. The molecule has 0 spiro atoms. The van der Waals surface area contributed by atoms with Crippen LogP contribution in [0.2, 0.25) is 0 Å². The number of carbonyl (C=O) groups excluding carboxylic acids is 1. The Kier molecular flexibility index (Phi) is 6.06. The van der Waals surface area contributed by atoms with Crippen molar-refractivity contribution < 1.29 is 19.1 Å². The Bertz CT molecular complexity index is 1050. The van der Waals surface area contributed by atoms with Crippen molar-refractivity contribution in [2.75, 3.05) is 36.4 Å². The van der Waals surface area contributed by atoms with Gasteiger partial charge in [0.2, 0.25) is 0 Å². The molecule has 34 heavy (non-hydrogen) atoms. The van der Waals surface area contributed by atoms with Crippen LogP contribution >= 0.6 is 0 Å². The molecule has 2 aromatic carbocycles. The van der Waals surface area contributed by atoms with Gasteiger partial charge in [0.25, 0.3) is 0 Å². The van der Waals surface area contributed by atoms with Gasteiger partial charge >= 0.3 is 12.1 Å². The van der Waals surface area contributed by atoms with E-state index in [-0.39, 0.29) is 23.8 Å². The zero-order chi connectivity index (χ0) is 23.8. The van der Waals surface area contributed by atoms with Gasteiger partial charge in [0.15, 0.2) is 0 Å². The van der Waals surface area contributed by atoms with E-state index in [0.717, 1.165) is 25.7 Å². The number of likely N-dealkylation sites (tertiary alicyclic amines) is 1. The first-order valence-corrected chi connectivity index (χ1v) is 12.1. The number of carbonyl (C=O) groups is 2. The van der Waals surface area contributed by atoms with Crippen LogP contribution in [0.25, 0.3) is 0 Å². The Balaban J connectivity index is 1.26. The molecular formula is C26H31FN4O3. The van der Waals surface area contributed by atoms with Crippen molar-refractivity contribution in [1.29, 1.82) is 0 Å². The highest BCUT2D eigenvalue weighted by atomic mass is 19.1. The Morgan fingerprint density at radius 2 is 1.62 bits per heavy atom. The highest BCUT2D eigenvalue weighted by Crippen LogP contribution is 2.37. The molecule has 2 N–H and O–H groups in total. The van der Waals surface area contributed by atoms with E-state index in [1.165, 1.54) is 22.1 Å². The van der Waals surface area contributed by atoms with Crippen LogP contribution in [0.5, 0.6) is 0 Å². The van der Waals surface area contributed by atoms with Crippen LogP contribution in [0, 0.1) is 12.7 Å². The van der Waals surface area contributed by atoms with E-state index >= 15 is 0 Å². The van der Waals surface area contributed by atoms with Crippen molar-refractivity contribution in [3.8, 4) is 0 Å². The molecule has 0 aliphatic carbocycles. The third-order valence-electron chi connectivity index (χ3n) is 7.60. The number of aryl methyl sites for hydroxylation is 1. The summed E-state index contributed by atoms with van der Waals surface area (Å²) in [6.07, 6.45) is 2.47. The largest absolute Gasteiger partial charge is 0.465 e. The molecule has 3 heterocycles. The van der Waals surface area contributed by atoms with Crippen LogP contribution < -0.4 is 10.2 Å². The topological polar surface area (TPSA) is 76.1 Å². The number of halogens is 1. The minimum Gasteiger partial charge on any atom is -0.465 e. The maximum Gasteiger partial charge on any atom is 0.407 e. The number of benzene rings is 2. The molecule has 8 heteroatoms. The van der Waals surface area contributed by atoms with E-state index in [0.29, 0.717) is 37.8 Å². The normalized spacial score (nSPS) is 22.7. The second-order valence-corrected chi connectivity index (χ2v) is 9.72. The van der Waals surface area contributed by atoms with Gasteiger partial charge < -0.3 is 20.2 Å². The van der Waals surface area contributed by atoms with Crippen LogP contribution in [0.1, 0.15) is 42.7 Å². The van der Waals surface area contributed by atoms with Gasteiger partial charge in [-0.3, -0.25) is 4.90 Å². The zero-order valence-corrected chi connectivity index (χ0v) is 19.4. The van der Waals surface area contributed by atoms with E-state index in [1.807, 2.05) is 4.90 Å². The van der Waals surface area contributed by atoms with Crippen LogP contribution in [0.15, 0.2) is 42.5 Å². The minimum absolute atomic E-state index is 0.108. The van der Waals surface area contributed by atoms with Gasteiger partial charge in [-0.25, -0.2) is 14.0 Å². The number of fused-ring (bicyclic) bond motifs is 2. The average Bonchev–Trinajstić information content (AvgIpc) is 3.11. The van der Waals surface area contributed by atoms with Crippen LogP contribution in [-0.2, 0) is 0 Å². The molecule has 2 bridgehead atoms. The lowest BCUT2D eigenvalue weighted by Gasteiger charge is -2.41. The summed E-state index contributed by atoms with van der Waals surface area (Å²) in [7, 11) is 0. The Hall–Kier alpha value is -3.29. The van der Waals surface area contributed by atoms with Crippen molar-refractivity contribution in [3.63, 3.8) is 0 Å². The van der Waals surface area contributed by atoms with Crippen molar-refractivity contribution in [3.05, 3.63) is 59.4 Å². The second-order valence-electron chi connectivity index (χ2n) is 9.72. The Morgan fingerprint density at radius 1 is 0.971 bits per heavy atom. The third-order valence-corrected chi connectivity index (χ3v) is 7.60. The molecule has 3 aliphatic heterocycles. The molecule has 180 valence electrons. The van der Waals surface area contributed by atoms with Crippen LogP contribution in [-0.4, -0.2) is 65.3 Å². The fraction of sp³-hybridized carbons (Fsp3) is 0.462. The summed E-state index contributed by atoms with van der Waals surface area (Å²) in [6, 6.07) is 12.9. The van der Waals surface area contributed by atoms with Gasteiger partial charge in [-0.15, -0.1) is 0 Å². The van der Waals surface area contributed by atoms with E-state index < -0.39 is 11.9 Å². The molecule has 5 rings (SSSR count). The summed E-state index contributed by atoms with van der Waals surface area (Å²) in [5.41, 5.74) is 3.33. The van der Waals surface area contributed by atoms with Crippen molar-refractivity contribution in [1.82, 2.24) is 9.80 Å². The number of rotatable bonds is 3. The zero-order valence-electron chi connectivity index (χ0n) is 19.4. The number of piperazine rings is 1. The number of para-hydroxylation sites is 1. The van der Waals surface area contributed by atoms with E-state index in [9.17, 15) is 19.1 Å². The number of hydrogen-bond donors (Lipinski definition) is 2. The van der Waals surface area contributed by atoms with Gasteiger partial charge in [-0.2, -0.15) is 0 Å². The number of nitrogens with one attached hydrogen (secondary N) is 1. The number of anilines is 2. The molecule has 2 aromatic rings. The minimum atomic E-state index is -0.894. The molecule has 2 unspecified atom stereocenters. The molecule has 2 atom stereocenters. The Labute approximate surface area is 199 Å². The molecule has 0 radical (unpaired) electrons. The molecule has 3 saturated heterocycles. The lowest BCUT2D eigenvalue weighted by Crippen LogP contribution is -2.55. The third kappa shape index (κ3) is 4.29. The van der Waals surface area contributed by atoms with E-state index in [2.05, 4.69) is 36.5 Å². The number of nitrogens with zero attached hydrogens (tertiary/aromatic N) is 3. The van der Waals surface area contributed by atoms with Gasteiger partial charge in [-0.05, 0) is 56.2 Å². The van der Waals surface area contributed by atoms with Crippen LogP contribution in [0.4, 0.5) is 25.4 Å². The summed E-state index contributed by atoms with van der Waals surface area (Å²) in [4.78, 5) is 30.0. The highest BCUT2D eigenvalue weighted by Gasteiger charge is 2.43. The number of amides is 3. The van der Waals surface area contributed by atoms with Gasteiger partial charge in [0, 0.05) is 26.2 Å². The predicted octanol–water partition coefficient (Wildman–Crippen LogP) is 4.88. The van der Waals surface area contributed by atoms with Crippen molar-refractivity contribution in [2.24, 2.45) is 0 Å². The quantitative estimate of drug-likeness (QED) is 0.676. The molecule has 0 saturated carbocycles. The predicted molar refractivity (Wildman–Crippen MR) is 129 cm³/mol. The van der Waals surface area contributed by atoms with Gasteiger partial charge in [0.05, 0.1) is 17.8 Å². The molecule has 3 aliphatic rings. The van der Waals surface area contributed by atoms with Crippen molar-refractivity contribution >= 4 is 23.5 Å². The lowest BCUT2D eigenvalue weighted by atomic mass is 9.89. The molecule has 3 fully saturated rings. The SMILES string of the molecule is Cc1ccc(C2CCN(C(=O)Nc3c(F)cccc3N3CC4CCC(C3)N4C(=O)O)CC2)cc1. The highest BCUT2D eigenvalue weighted by molar-refractivity contribution is 5.93. The van der Waals surface area contributed by atoms with E-state index in [4.69, 9.17) is 0 Å². The number of carboxylic acid groups (broad SMARTS) is 1. The smallest absolute Gasteiger partial charge is 0.407 e. The number of hydrogen-bond acceptors (Lipinski definition) is 3. The summed E-state index contributed by atoms with van der Waals surface area (Å²) < 4.78 is 14.9. The van der Waals surface area contributed by atoms with E-state index in [1.54, 1.807) is 17.0 Å². The van der Waals surface area contributed by atoms with Crippen molar-refractivity contribution in [2.45, 2.75) is 50.6 Å². The van der Waals surface area contributed by atoms with Gasteiger partial charge in [0.1, 0.15) is 11.5 Å². The molecular weight excluding hydrogens is 435 g/mol. The number of piperidine rings is 1. The molecule has 0 aromatic heterocycles. The average molecular weight is 467 g/mol. The second kappa shape index (κ2) is 9.16. The standard InChI is InChI=1S/C26H31FN4O3/c1-17-5-7-18(8-6-17)19-11-13-29(14-12-19)25(32)28-24-22(27)3-2-4-23(24)30-15-20-9-10-21(16-30)31(20)26(33)34/h2-8,19-21H,9-16H2,1H3,(H,28,32)(H,33,34). The summed E-state index contributed by atoms with van der Waals surface area (Å²) in [6.45, 7) is 4.31. The first kappa shape index (κ1) is 22.5. The Morgan fingerprint density at radius 3 is 2.24 bits per heavy atom. The maximum absolute atomic E-state index is 14.9. The van der Waals surface area contributed by atoms with Gasteiger partial charge in [-0.1, -0.05) is 35.9 Å². The summed E-state index contributed by atoms with van der Waals surface area (Å²) >= 11 is 0.